The lowest BCUT2D eigenvalue weighted by Gasteiger charge is -2.26. The molecule has 3 unspecified atom stereocenters. The number of nitrogens with one attached hydrogen (secondary N) is 1. The fraction of sp³-hybridized carbons (Fsp3) is 0.769. The van der Waals surface area contributed by atoms with Crippen molar-refractivity contribution >= 4 is 17.5 Å². The summed E-state index contributed by atoms with van der Waals surface area (Å²) < 4.78 is 15.4. The van der Waals surface area contributed by atoms with Gasteiger partial charge in [0.25, 0.3) is 0 Å². The molecule has 6 nitrogen and oxygen atoms in total. The van der Waals surface area contributed by atoms with E-state index in [0.717, 1.165) is 19.3 Å². The Labute approximate surface area is 112 Å². The predicted octanol–water partition coefficient (Wildman–Crippen LogP) is 1.32. The summed E-state index contributed by atoms with van der Waals surface area (Å²) in [4.78, 5) is 23.7. The van der Waals surface area contributed by atoms with E-state index in [1.807, 2.05) is 0 Å². The van der Waals surface area contributed by atoms with Gasteiger partial charge in [0.05, 0.1) is 7.11 Å². The van der Waals surface area contributed by atoms with Gasteiger partial charge < -0.3 is 19.6 Å². The molecule has 1 aliphatic heterocycles. The molecule has 1 heterocycles. The Balaban J connectivity index is 2.62. The van der Waals surface area contributed by atoms with Gasteiger partial charge in [0.1, 0.15) is 6.10 Å². The summed E-state index contributed by atoms with van der Waals surface area (Å²) in [6.07, 6.45) is 1.52. The third kappa shape index (κ3) is 4.40. The first-order valence-corrected chi connectivity index (χ1v) is 6.41. The van der Waals surface area contributed by atoms with Crippen molar-refractivity contribution in [1.82, 2.24) is 0 Å². The standard InChI is InChI=1S/C13H21NO5/c1-8(14)11(13(16)17-3)12(15)9(2)19-10-6-4-5-7-18-10/h9-11,14H,4-7H2,1-3H3. The van der Waals surface area contributed by atoms with E-state index in [2.05, 4.69) is 4.74 Å². The van der Waals surface area contributed by atoms with Crippen molar-refractivity contribution in [1.29, 1.82) is 5.41 Å². The largest absolute Gasteiger partial charge is 0.468 e. The van der Waals surface area contributed by atoms with E-state index < -0.39 is 30.1 Å². The van der Waals surface area contributed by atoms with E-state index in [9.17, 15) is 9.59 Å². The molecule has 0 saturated carbocycles. The summed E-state index contributed by atoms with van der Waals surface area (Å²) in [5, 5.41) is 7.52. The molecule has 1 N–H and O–H groups in total. The molecule has 108 valence electrons. The minimum Gasteiger partial charge on any atom is -0.468 e. The van der Waals surface area contributed by atoms with Crippen LogP contribution in [0.3, 0.4) is 0 Å². The van der Waals surface area contributed by atoms with Gasteiger partial charge in [0.2, 0.25) is 0 Å². The molecule has 1 fully saturated rings. The molecule has 3 atom stereocenters. The van der Waals surface area contributed by atoms with Gasteiger partial charge in [-0.05, 0) is 33.1 Å². The topological polar surface area (TPSA) is 85.7 Å². The van der Waals surface area contributed by atoms with Crippen molar-refractivity contribution in [2.45, 2.75) is 45.5 Å². The lowest BCUT2D eigenvalue weighted by Crippen LogP contribution is -2.40. The molecule has 0 bridgehead atoms. The number of esters is 1. The molecule has 0 radical (unpaired) electrons. The monoisotopic (exact) mass is 271 g/mol. The Kier molecular flexibility index (Phi) is 6.11. The van der Waals surface area contributed by atoms with E-state index in [-0.39, 0.29) is 5.71 Å². The van der Waals surface area contributed by atoms with Crippen LogP contribution < -0.4 is 0 Å². The smallest absolute Gasteiger partial charge is 0.322 e. The van der Waals surface area contributed by atoms with E-state index in [1.54, 1.807) is 6.92 Å². The second-order valence-corrected chi connectivity index (χ2v) is 4.62. The van der Waals surface area contributed by atoms with Crippen LogP contribution in [0.5, 0.6) is 0 Å². The van der Waals surface area contributed by atoms with Crippen molar-refractivity contribution in [3.63, 3.8) is 0 Å². The third-order valence-electron chi connectivity index (χ3n) is 3.05. The number of hydrogen-bond donors (Lipinski definition) is 1. The molecular weight excluding hydrogens is 250 g/mol. The minimum atomic E-state index is -1.19. The lowest BCUT2D eigenvalue weighted by atomic mass is 9.96. The molecule has 0 spiro atoms. The van der Waals surface area contributed by atoms with Crippen molar-refractivity contribution in [3.05, 3.63) is 0 Å². The highest BCUT2D eigenvalue weighted by molar-refractivity contribution is 6.18. The summed E-state index contributed by atoms with van der Waals surface area (Å²) in [7, 11) is 1.20. The summed E-state index contributed by atoms with van der Waals surface area (Å²) in [6, 6.07) is 0. The summed E-state index contributed by atoms with van der Waals surface area (Å²) in [5.74, 6) is -2.38. The SMILES string of the molecule is COC(=O)C(C(C)=N)C(=O)C(C)OC1CCCCO1. The second kappa shape index (κ2) is 7.35. The number of carbonyl (C=O) groups excluding carboxylic acids is 2. The number of rotatable bonds is 6. The summed E-state index contributed by atoms with van der Waals surface area (Å²) in [6.45, 7) is 3.60. The Morgan fingerprint density at radius 1 is 1.37 bits per heavy atom. The Morgan fingerprint density at radius 2 is 2.05 bits per heavy atom. The first kappa shape index (κ1) is 15.8. The van der Waals surface area contributed by atoms with Gasteiger partial charge in [-0.15, -0.1) is 0 Å². The van der Waals surface area contributed by atoms with Crippen molar-refractivity contribution in [2.24, 2.45) is 5.92 Å². The van der Waals surface area contributed by atoms with Crippen molar-refractivity contribution < 1.29 is 23.8 Å². The summed E-state index contributed by atoms with van der Waals surface area (Å²) in [5.41, 5.74) is -0.0446. The Bertz CT molecular complexity index is 349. The zero-order valence-electron chi connectivity index (χ0n) is 11.6. The van der Waals surface area contributed by atoms with Crippen LogP contribution in [0, 0.1) is 11.3 Å². The van der Waals surface area contributed by atoms with Crippen LogP contribution in [0.4, 0.5) is 0 Å². The molecule has 0 aromatic rings. The van der Waals surface area contributed by atoms with Gasteiger partial charge in [-0.2, -0.15) is 0 Å². The molecule has 0 aromatic carbocycles. The lowest BCUT2D eigenvalue weighted by molar-refractivity contribution is -0.190. The van der Waals surface area contributed by atoms with E-state index in [1.165, 1.54) is 14.0 Å². The molecule has 1 aliphatic rings. The fourth-order valence-electron chi connectivity index (χ4n) is 1.97. The van der Waals surface area contributed by atoms with Crippen LogP contribution in [-0.4, -0.2) is 43.6 Å². The van der Waals surface area contributed by atoms with Gasteiger partial charge in [-0.25, -0.2) is 0 Å². The number of Topliss-reactive ketones (excluding diaryl/α,β-unsaturated/α-hetero) is 1. The average molecular weight is 271 g/mol. The van der Waals surface area contributed by atoms with Gasteiger partial charge in [0, 0.05) is 12.3 Å². The molecule has 6 heteroatoms. The predicted molar refractivity (Wildman–Crippen MR) is 68.1 cm³/mol. The van der Waals surface area contributed by atoms with E-state index >= 15 is 0 Å². The van der Waals surface area contributed by atoms with Crippen LogP contribution in [0.1, 0.15) is 33.1 Å². The number of hydrogen-bond acceptors (Lipinski definition) is 6. The molecular formula is C13H21NO5. The molecule has 0 amide bonds. The van der Waals surface area contributed by atoms with Crippen LogP contribution in [0.15, 0.2) is 0 Å². The highest BCUT2D eigenvalue weighted by atomic mass is 16.7. The van der Waals surface area contributed by atoms with Gasteiger partial charge in [0.15, 0.2) is 18.0 Å². The molecule has 1 rings (SSSR count). The number of ether oxygens (including phenoxy) is 3. The number of carbonyl (C=O) groups is 2. The van der Waals surface area contributed by atoms with Crippen LogP contribution in [-0.2, 0) is 23.8 Å². The van der Waals surface area contributed by atoms with Crippen LogP contribution in [0.2, 0.25) is 0 Å². The van der Waals surface area contributed by atoms with Crippen LogP contribution in [0.25, 0.3) is 0 Å². The van der Waals surface area contributed by atoms with E-state index in [0.29, 0.717) is 6.61 Å². The highest BCUT2D eigenvalue weighted by Crippen LogP contribution is 2.17. The fourth-order valence-corrected chi connectivity index (χ4v) is 1.97. The highest BCUT2D eigenvalue weighted by Gasteiger charge is 2.34. The maximum Gasteiger partial charge on any atom is 0.322 e. The third-order valence-corrected chi connectivity index (χ3v) is 3.05. The molecule has 0 aliphatic carbocycles. The van der Waals surface area contributed by atoms with Crippen LogP contribution >= 0.6 is 0 Å². The average Bonchev–Trinajstić information content (AvgIpc) is 2.39. The summed E-state index contributed by atoms with van der Waals surface area (Å²) >= 11 is 0. The number of methoxy groups -OCH3 is 1. The maximum atomic E-state index is 12.1. The molecule has 1 saturated heterocycles. The first-order valence-electron chi connectivity index (χ1n) is 6.41. The van der Waals surface area contributed by atoms with Gasteiger partial charge >= 0.3 is 5.97 Å². The van der Waals surface area contributed by atoms with E-state index in [4.69, 9.17) is 14.9 Å². The van der Waals surface area contributed by atoms with Gasteiger partial charge in [-0.1, -0.05) is 0 Å². The van der Waals surface area contributed by atoms with Crippen molar-refractivity contribution in [2.75, 3.05) is 13.7 Å². The second-order valence-electron chi connectivity index (χ2n) is 4.62. The first-order chi connectivity index (χ1) is 8.97. The van der Waals surface area contributed by atoms with Gasteiger partial charge in [-0.3, -0.25) is 9.59 Å². The Hall–Kier alpha value is -1.27. The van der Waals surface area contributed by atoms with Crippen molar-refractivity contribution in [3.8, 4) is 0 Å². The quantitative estimate of drug-likeness (QED) is 0.447. The zero-order chi connectivity index (χ0) is 14.4. The zero-order valence-corrected chi connectivity index (χ0v) is 11.6. The maximum absolute atomic E-state index is 12.1. The number of ketones is 1. The molecule has 19 heavy (non-hydrogen) atoms. The normalized spacial score (nSPS) is 22.4. The molecule has 0 aromatic heterocycles. The minimum absolute atomic E-state index is 0.0446. The Morgan fingerprint density at radius 3 is 2.53 bits per heavy atom.